The number of carbonyl (C=O) groups excluding carboxylic acids is 1. The minimum Gasteiger partial charge on any atom is -0.475 e. The van der Waals surface area contributed by atoms with Gasteiger partial charge in [0.15, 0.2) is 0 Å². The Morgan fingerprint density at radius 3 is 2.35 bits per heavy atom. The molecule has 1 amide bonds. The highest BCUT2D eigenvalue weighted by Crippen LogP contribution is 2.22. The van der Waals surface area contributed by atoms with E-state index < -0.39 is 6.04 Å². The van der Waals surface area contributed by atoms with Gasteiger partial charge in [-0.05, 0) is 54.4 Å². The van der Waals surface area contributed by atoms with Gasteiger partial charge in [0.05, 0.1) is 12.2 Å². The lowest BCUT2D eigenvalue weighted by Crippen LogP contribution is -2.44. The lowest BCUT2D eigenvalue weighted by atomic mass is 10.0. The molecule has 3 N–H and O–H groups in total. The normalized spacial score (nSPS) is 18.0. The number of ether oxygens (including phenoxy) is 1. The number of benzene rings is 2. The number of halogens is 2. The number of nitrogens with zero attached hydrogens (tertiary/aromatic N) is 2. The van der Waals surface area contributed by atoms with Crippen molar-refractivity contribution in [2.24, 2.45) is 0 Å². The van der Waals surface area contributed by atoms with Gasteiger partial charge >= 0.3 is 0 Å². The van der Waals surface area contributed by atoms with Crippen molar-refractivity contribution < 1.29 is 18.3 Å². The fourth-order valence-corrected chi connectivity index (χ4v) is 3.27. The summed E-state index contributed by atoms with van der Waals surface area (Å²) in [5, 5.41) is 10.9. The van der Waals surface area contributed by atoms with Gasteiger partial charge in [0, 0.05) is 17.7 Å². The minimum absolute atomic E-state index is 0.0671. The van der Waals surface area contributed by atoms with Crippen molar-refractivity contribution in [2.75, 3.05) is 13.2 Å². The second-order valence-corrected chi connectivity index (χ2v) is 7.08. The third kappa shape index (κ3) is 5.39. The van der Waals surface area contributed by atoms with E-state index in [0.717, 1.165) is 11.1 Å². The van der Waals surface area contributed by atoms with Crippen LogP contribution in [0.15, 0.2) is 60.7 Å². The van der Waals surface area contributed by atoms with E-state index in [0.29, 0.717) is 24.5 Å². The molecule has 0 spiro atoms. The van der Waals surface area contributed by atoms with Crippen molar-refractivity contribution in [3.8, 4) is 17.1 Å². The van der Waals surface area contributed by atoms with Crippen LogP contribution in [0.1, 0.15) is 18.0 Å². The van der Waals surface area contributed by atoms with Crippen molar-refractivity contribution in [3.05, 3.63) is 77.9 Å². The summed E-state index contributed by atoms with van der Waals surface area (Å²) in [6, 6.07) is 15.1. The van der Waals surface area contributed by atoms with Gasteiger partial charge < -0.3 is 10.1 Å². The van der Waals surface area contributed by atoms with E-state index in [1.54, 1.807) is 36.4 Å². The summed E-state index contributed by atoms with van der Waals surface area (Å²) in [5.41, 5.74) is 8.29. The Hall–Kier alpha value is -3.43. The van der Waals surface area contributed by atoms with Crippen LogP contribution in [0.3, 0.4) is 0 Å². The van der Waals surface area contributed by atoms with Crippen LogP contribution in [0.25, 0.3) is 11.3 Å². The van der Waals surface area contributed by atoms with Crippen molar-refractivity contribution in [1.82, 2.24) is 26.4 Å². The van der Waals surface area contributed by atoms with E-state index in [9.17, 15) is 13.6 Å². The van der Waals surface area contributed by atoms with Crippen molar-refractivity contribution in [1.29, 1.82) is 0 Å². The van der Waals surface area contributed by atoms with Gasteiger partial charge in [0.25, 0.3) is 0 Å². The van der Waals surface area contributed by atoms with E-state index in [2.05, 4.69) is 26.4 Å². The molecular weight excluding hydrogens is 404 g/mol. The third-order valence-electron chi connectivity index (χ3n) is 4.92. The molecule has 1 saturated heterocycles. The molecule has 2 unspecified atom stereocenters. The lowest BCUT2D eigenvalue weighted by molar-refractivity contribution is -0.123. The maximum absolute atomic E-state index is 13.1. The molecule has 2 aromatic carbocycles. The predicted octanol–water partition coefficient (Wildman–Crippen LogP) is 2.52. The molecule has 2 heterocycles. The van der Waals surface area contributed by atoms with Crippen LogP contribution in [0.4, 0.5) is 8.78 Å². The smallest absolute Gasteiger partial charge is 0.238 e. The molecule has 7 nitrogen and oxygen atoms in total. The van der Waals surface area contributed by atoms with Crippen LogP contribution < -0.4 is 20.9 Å². The molecule has 160 valence electrons. The zero-order valence-electron chi connectivity index (χ0n) is 16.5. The molecule has 2 atom stereocenters. The quantitative estimate of drug-likeness (QED) is 0.505. The van der Waals surface area contributed by atoms with E-state index in [4.69, 9.17) is 4.74 Å². The van der Waals surface area contributed by atoms with E-state index in [1.165, 1.54) is 24.3 Å². The first-order chi connectivity index (χ1) is 15.1. The fourth-order valence-electron chi connectivity index (χ4n) is 3.27. The molecule has 3 aromatic rings. The van der Waals surface area contributed by atoms with Crippen LogP contribution in [-0.4, -0.2) is 35.3 Å². The molecule has 0 radical (unpaired) electrons. The summed E-state index contributed by atoms with van der Waals surface area (Å²) in [6.07, 6.45) is 0.550. The number of hydrogen-bond donors (Lipinski definition) is 3. The maximum atomic E-state index is 13.1. The number of hydrazine groups is 1. The van der Waals surface area contributed by atoms with E-state index in [1.807, 2.05) is 0 Å². The summed E-state index contributed by atoms with van der Waals surface area (Å²) in [7, 11) is 0. The summed E-state index contributed by atoms with van der Waals surface area (Å²) >= 11 is 0. The van der Waals surface area contributed by atoms with Gasteiger partial charge in [-0.25, -0.2) is 19.6 Å². The first-order valence-corrected chi connectivity index (χ1v) is 9.85. The average molecular weight is 425 g/mol. The third-order valence-corrected chi connectivity index (χ3v) is 4.92. The first kappa shape index (κ1) is 20.8. The molecule has 1 aromatic heterocycles. The first-order valence-electron chi connectivity index (χ1n) is 9.85. The summed E-state index contributed by atoms with van der Waals surface area (Å²) in [6.45, 7) is 0.539. The van der Waals surface area contributed by atoms with Crippen molar-refractivity contribution in [2.45, 2.75) is 18.5 Å². The Labute approximate surface area is 177 Å². The van der Waals surface area contributed by atoms with Gasteiger partial charge in [-0.3, -0.25) is 4.79 Å². The Kier molecular flexibility index (Phi) is 6.44. The van der Waals surface area contributed by atoms with Gasteiger partial charge in [0.2, 0.25) is 11.8 Å². The molecule has 1 fully saturated rings. The SMILES string of the molecule is O=C(NCCOc1ccc(-c2ccc(F)cc2)nn1)C1CC(c2ccc(F)cc2)NN1. The Morgan fingerprint density at radius 1 is 0.968 bits per heavy atom. The molecule has 4 rings (SSSR count). The molecule has 0 aliphatic carbocycles. The molecule has 9 heteroatoms. The van der Waals surface area contributed by atoms with Crippen LogP contribution in [0, 0.1) is 11.6 Å². The van der Waals surface area contributed by atoms with Gasteiger partial charge in [-0.15, -0.1) is 10.2 Å². The average Bonchev–Trinajstić information content (AvgIpc) is 3.29. The lowest BCUT2D eigenvalue weighted by Gasteiger charge is -2.11. The Balaban J connectivity index is 1.19. The molecule has 0 bridgehead atoms. The zero-order chi connectivity index (χ0) is 21.6. The number of nitrogens with one attached hydrogen (secondary N) is 3. The van der Waals surface area contributed by atoms with E-state index in [-0.39, 0.29) is 30.2 Å². The number of amides is 1. The monoisotopic (exact) mass is 425 g/mol. The highest BCUT2D eigenvalue weighted by molar-refractivity contribution is 5.82. The standard InChI is InChI=1S/C22H21F2N5O2/c23-16-5-1-14(2-6-16)18-9-10-21(29-26-18)31-12-11-25-22(30)20-13-19(27-28-20)15-3-7-17(24)8-4-15/h1-10,19-20,27-28H,11-13H2,(H,25,30). The minimum atomic E-state index is -0.398. The van der Waals surface area contributed by atoms with Crippen molar-refractivity contribution >= 4 is 5.91 Å². The molecule has 1 aliphatic heterocycles. The zero-order valence-corrected chi connectivity index (χ0v) is 16.5. The molecule has 0 saturated carbocycles. The number of carbonyl (C=O) groups is 1. The second-order valence-electron chi connectivity index (χ2n) is 7.08. The van der Waals surface area contributed by atoms with Crippen LogP contribution >= 0.6 is 0 Å². The van der Waals surface area contributed by atoms with Crippen LogP contribution in [0.5, 0.6) is 5.88 Å². The number of aromatic nitrogens is 2. The Bertz CT molecular complexity index is 1010. The largest absolute Gasteiger partial charge is 0.475 e. The topological polar surface area (TPSA) is 88.2 Å². The van der Waals surface area contributed by atoms with Crippen LogP contribution in [-0.2, 0) is 4.79 Å². The predicted molar refractivity (Wildman–Crippen MR) is 110 cm³/mol. The van der Waals surface area contributed by atoms with Gasteiger partial charge in [-0.2, -0.15) is 0 Å². The van der Waals surface area contributed by atoms with Crippen molar-refractivity contribution in [3.63, 3.8) is 0 Å². The summed E-state index contributed by atoms with van der Waals surface area (Å²) < 4.78 is 31.6. The van der Waals surface area contributed by atoms with E-state index >= 15 is 0 Å². The van der Waals surface area contributed by atoms with Gasteiger partial charge in [-0.1, -0.05) is 12.1 Å². The molecular formula is C22H21F2N5O2. The summed E-state index contributed by atoms with van der Waals surface area (Å²) in [5.74, 6) is -0.428. The fraction of sp³-hybridized carbons (Fsp3) is 0.227. The molecule has 1 aliphatic rings. The number of hydrogen-bond acceptors (Lipinski definition) is 6. The second kappa shape index (κ2) is 9.59. The summed E-state index contributed by atoms with van der Waals surface area (Å²) in [4.78, 5) is 12.3. The molecule has 31 heavy (non-hydrogen) atoms. The number of rotatable bonds is 7. The maximum Gasteiger partial charge on any atom is 0.238 e. The Morgan fingerprint density at radius 2 is 1.68 bits per heavy atom. The highest BCUT2D eigenvalue weighted by atomic mass is 19.1. The van der Waals surface area contributed by atoms with Crippen LogP contribution in [0.2, 0.25) is 0 Å². The highest BCUT2D eigenvalue weighted by Gasteiger charge is 2.29. The van der Waals surface area contributed by atoms with Gasteiger partial charge in [0.1, 0.15) is 24.3 Å².